The highest BCUT2D eigenvalue weighted by atomic mass is 35.5. The first-order valence-electron chi connectivity index (χ1n) is 2.57. The van der Waals surface area contributed by atoms with E-state index < -0.39 is 22.6 Å². The number of nitrogens with zero attached hydrogens (tertiary/aromatic N) is 1. The lowest BCUT2D eigenvalue weighted by Crippen LogP contribution is -2.45. The first-order chi connectivity index (χ1) is 4.45. The summed E-state index contributed by atoms with van der Waals surface area (Å²) < 4.78 is 0. The van der Waals surface area contributed by atoms with Crippen molar-refractivity contribution in [1.29, 1.82) is 0 Å². The van der Waals surface area contributed by atoms with Crippen molar-refractivity contribution in [3.05, 3.63) is 10.1 Å². The molecule has 0 heterocycles. The molecule has 5 nitrogen and oxygen atoms in total. The summed E-state index contributed by atoms with van der Waals surface area (Å²) in [4.78, 5) is 6.98. The van der Waals surface area contributed by atoms with Crippen LogP contribution in [0, 0.1) is 10.1 Å². The van der Waals surface area contributed by atoms with Crippen molar-refractivity contribution in [1.82, 2.24) is 0 Å². The molecule has 2 N–H and O–H groups in total. The Labute approximate surface area is 62.4 Å². The Morgan fingerprint density at radius 3 is 2.30 bits per heavy atom. The Kier molecular flexibility index (Phi) is 3.01. The molecule has 0 aromatic carbocycles. The molecular weight excluding hydrogens is 161 g/mol. The van der Waals surface area contributed by atoms with E-state index in [-0.39, 0.29) is 0 Å². The van der Waals surface area contributed by atoms with Crippen LogP contribution in [-0.2, 0) is 0 Å². The molecule has 10 heavy (non-hydrogen) atoms. The Morgan fingerprint density at radius 2 is 2.30 bits per heavy atom. The van der Waals surface area contributed by atoms with Gasteiger partial charge in [-0.15, -0.1) is 0 Å². The lowest BCUT2D eigenvalue weighted by molar-refractivity contribution is -0.556. The van der Waals surface area contributed by atoms with Gasteiger partial charge in [0.25, 0.3) is 0 Å². The second-order valence-corrected chi connectivity index (χ2v) is 2.56. The van der Waals surface area contributed by atoms with Crippen molar-refractivity contribution in [2.75, 3.05) is 6.61 Å². The first kappa shape index (κ1) is 9.61. The van der Waals surface area contributed by atoms with Crippen LogP contribution < -0.4 is 0 Å². The zero-order valence-electron chi connectivity index (χ0n) is 5.32. The van der Waals surface area contributed by atoms with Gasteiger partial charge in [-0.05, 0) is 18.5 Å². The normalized spacial score (nSPS) is 19.6. The van der Waals surface area contributed by atoms with Gasteiger partial charge in [-0.2, -0.15) is 0 Å². The molecule has 0 aromatic rings. The van der Waals surface area contributed by atoms with Crippen molar-refractivity contribution in [3.8, 4) is 0 Å². The molecule has 0 aliphatic heterocycles. The molecule has 0 radical (unpaired) electrons. The lowest BCUT2D eigenvalue weighted by Gasteiger charge is -2.17. The largest absolute Gasteiger partial charge is 0.387 e. The Balaban J connectivity index is 4.38. The van der Waals surface area contributed by atoms with Gasteiger partial charge in [0, 0.05) is 4.92 Å². The second-order valence-electron chi connectivity index (χ2n) is 1.91. The predicted octanol–water partition coefficient (Wildman–Crippen LogP) is -0.429. The van der Waals surface area contributed by atoms with Crippen molar-refractivity contribution >= 4 is 11.6 Å². The van der Waals surface area contributed by atoms with Gasteiger partial charge in [0.2, 0.25) is 0 Å². The molecule has 2 atom stereocenters. The molecule has 0 saturated heterocycles. The Morgan fingerprint density at radius 1 is 1.90 bits per heavy atom. The number of aliphatic hydroxyl groups excluding tert-OH is 2. The molecule has 0 fully saturated rings. The van der Waals surface area contributed by atoms with E-state index in [1.165, 1.54) is 0 Å². The van der Waals surface area contributed by atoms with Gasteiger partial charge in [0.1, 0.15) is 12.7 Å². The maximum absolute atomic E-state index is 10.0. The van der Waals surface area contributed by atoms with Gasteiger partial charge in [0.15, 0.2) is 0 Å². The van der Waals surface area contributed by atoms with E-state index in [9.17, 15) is 10.1 Å². The van der Waals surface area contributed by atoms with Crippen LogP contribution in [0.1, 0.15) is 6.92 Å². The maximum Gasteiger partial charge on any atom is 0.342 e. The summed E-state index contributed by atoms with van der Waals surface area (Å²) in [6.07, 6.45) is -1.38. The monoisotopic (exact) mass is 169 g/mol. The number of alkyl halides is 1. The molecule has 60 valence electrons. The molecule has 0 amide bonds. The molecule has 0 spiro atoms. The quantitative estimate of drug-likeness (QED) is 0.260. The molecule has 0 aromatic heterocycles. The van der Waals surface area contributed by atoms with Crippen LogP contribution in [0.5, 0.6) is 0 Å². The topological polar surface area (TPSA) is 83.6 Å². The minimum atomic E-state index is -2.15. The molecule has 0 aliphatic rings. The van der Waals surface area contributed by atoms with Gasteiger partial charge in [-0.3, -0.25) is 10.1 Å². The average molecular weight is 170 g/mol. The van der Waals surface area contributed by atoms with Crippen LogP contribution in [0.25, 0.3) is 0 Å². The molecule has 2 unspecified atom stereocenters. The summed E-state index contributed by atoms with van der Waals surface area (Å²) in [7, 11) is 0. The summed E-state index contributed by atoms with van der Waals surface area (Å²) in [6, 6.07) is 0. The van der Waals surface area contributed by atoms with Crippen LogP contribution in [0.3, 0.4) is 0 Å². The van der Waals surface area contributed by atoms with Crippen LogP contribution in [0.2, 0.25) is 0 Å². The van der Waals surface area contributed by atoms with E-state index in [0.29, 0.717) is 0 Å². The fourth-order valence-corrected chi connectivity index (χ4v) is 0.342. The summed E-state index contributed by atoms with van der Waals surface area (Å²) >= 11 is 5.19. The van der Waals surface area contributed by atoms with Crippen LogP contribution >= 0.6 is 11.6 Å². The zero-order chi connectivity index (χ0) is 8.36. The average Bonchev–Trinajstić information content (AvgIpc) is 1.85. The lowest BCUT2D eigenvalue weighted by atomic mass is 10.2. The number of rotatable bonds is 3. The highest BCUT2D eigenvalue weighted by Crippen LogP contribution is 2.19. The van der Waals surface area contributed by atoms with E-state index in [4.69, 9.17) is 21.8 Å². The summed E-state index contributed by atoms with van der Waals surface area (Å²) in [5.74, 6) is 0. The molecular formula is C4H8ClNO4. The Hall–Kier alpha value is -0.390. The van der Waals surface area contributed by atoms with Crippen LogP contribution in [0.15, 0.2) is 0 Å². The van der Waals surface area contributed by atoms with E-state index in [2.05, 4.69) is 0 Å². The zero-order valence-corrected chi connectivity index (χ0v) is 6.08. The highest BCUT2D eigenvalue weighted by Gasteiger charge is 2.45. The van der Waals surface area contributed by atoms with Gasteiger partial charge >= 0.3 is 5.00 Å². The molecule has 0 aliphatic carbocycles. The number of hydrogen-bond acceptors (Lipinski definition) is 4. The minimum Gasteiger partial charge on any atom is -0.387 e. The van der Waals surface area contributed by atoms with E-state index in [1.807, 2.05) is 0 Å². The van der Waals surface area contributed by atoms with Crippen molar-refractivity contribution < 1.29 is 15.1 Å². The van der Waals surface area contributed by atoms with Gasteiger partial charge in [-0.25, -0.2) is 0 Å². The number of halogens is 1. The molecule has 0 bridgehead atoms. The van der Waals surface area contributed by atoms with Crippen molar-refractivity contribution in [3.63, 3.8) is 0 Å². The van der Waals surface area contributed by atoms with Gasteiger partial charge < -0.3 is 10.2 Å². The van der Waals surface area contributed by atoms with E-state index >= 15 is 0 Å². The fraction of sp³-hybridized carbons (Fsp3) is 1.00. The molecule has 0 rings (SSSR count). The number of aliphatic hydroxyl groups is 2. The molecule has 0 saturated carbocycles. The summed E-state index contributed by atoms with van der Waals surface area (Å²) in [5, 5.41) is 27.1. The first-order valence-corrected chi connectivity index (χ1v) is 2.95. The Bertz CT molecular complexity index is 139. The third-order valence-corrected chi connectivity index (χ3v) is 1.74. The third-order valence-electron chi connectivity index (χ3n) is 1.17. The predicted molar refractivity (Wildman–Crippen MR) is 34.3 cm³/mol. The minimum absolute atomic E-state index is 0.890. The van der Waals surface area contributed by atoms with Crippen molar-refractivity contribution in [2.45, 2.75) is 18.0 Å². The van der Waals surface area contributed by atoms with Crippen LogP contribution in [-0.4, -0.2) is 32.8 Å². The SMILES string of the molecule is CC(O)C(Cl)(CO)[N+](=O)[O-]. The second kappa shape index (κ2) is 3.14. The smallest absolute Gasteiger partial charge is 0.342 e. The standard InChI is InChI=1S/C4H8ClNO4/c1-3(8)4(5,2-7)6(9)10/h3,7-8H,2H2,1H3. The van der Waals surface area contributed by atoms with Crippen molar-refractivity contribution in [2.24, 2.45) is 0 Å². The highest BCUT2D eigenvalue weighted by molar-refractivity contribution is 6.23. The van der Waals surface area contributed by atoms with Gasteiger partial charge in [0.05, 0.1) is 0 Å². The van der Waals surface area contributed by atoms with E-state index in [1.54, 1.807) is 0 Å². The number of nitro groups is 1. The summed E-state index contributed by atoms with van der Waals surface area (Å²) in [6.45, 7) is 0.255. The van der Waals surface area contributed by atoms with Crippen LogP contribution in [0.4, 0.5) is 0 Å². The van der Waals surface area contributed by atoms with E-state index in [0.717, 1.165) is 6.92 Å². The summed E-state index contributed by atoms with van der Waals surface area (Å²) in [5.41, 5.74) is 0. The van der Waals surface area contributed by atoms with Gasteiger partial charge in [-0.1, -0.05) is 0 Å². The fourth-order valence-electron chi connectivity index (χ4n) is 0.342. The number of hydrogen-bond donors (Lipinski definition) is 2. The third kappa shape index (κ3) is 1.56. The molecule has 6 heteroatoms. The maximum atomic E-state index is 10.0.